The van der Waals surface area contributed by atoms with Crippen LogP contribution >= 0.6 is 0 Å². The molecule has 156 valence electrons. The lowest BCUT2D eigenvalue weighted by molar-refractivity contribution is -0.133. The SMILES string of the molecule is CCOc1ccc(-c2ccc(=O)n(CC(=O)N3CCN(S(C)(=O)=O)CC3)n2)cc1. The van der Waals surface area contributed by atoms with Gasteiger partial charge >= 0.3 is 0 Å². The number of rotatable bonds is 6. The lowest BCUT2D eigenvalue weighted by atomic mass is 10.1. The molecule has 0 N–H and O–H groups in total. The molecule has 0 bridgehead atoms. The standard InChI is InChI=1S/C19H24N4O5S/c1-3-28-16-6-4-15(5-7-16)17-8-9-18(24)23(20-17)14-19(25)21-10-12-22(13-11-21)29(2,26)27/h4-9H,3,10-14H2,1-2H3. The number of amides is 1. The van der Waals surface area contributed by atoms with Crippen LogP contribution in [0.3, 0.4) is 0 Å². The van der Waals surface area contributed by atoms with Gasteiger partial charge in [0.1, 0.15) is 12.3 Å². The Balaban J connectivity index is 1.70. The first kappa shape index (κ1) is 21.0. The first-order chi connectivity index (χ1) is 13.8. The third kappa shape index (κ3) is 5.21. The third-order valence-corrected chi connectivity index (χ3v) is 5.98. The van der Waals surface area contributed by atoms with E-state index in [1.54, 1.807) is 11.0 Å². The molecule has 1 aromatic carbocycles. The molecule has 10 heteroatoms. The van der Waals surface area contributed by atoms with E-state index in [-0.39, 0.29) is 31.1 Å². The highest BCUT2D eigenvalue weighted by atomic mass is 32.2. The van der Waals surface area contributed by atoms with Gasteiger partial charge in [-0.05, 0) is 37.3 Å². The third-order valence-electron chi connectivity index (χ3n) is 4.67. The Morgan fingerprint density at radius 3 is 2.31 bits per heavy atom. The highest BCUT2D eigenvalue weighted by Gasteiger charge is 2.26. The van der Waals surface area contributed by atoms with E-state index in [1.165, 1.54) is 10.4 Å². The summed E-state index contributed by atoms with van der Waals surface area (Å²) in [5, 5.41) is 4.32. The molecule has 1 amide bonds. The molecule has 2 aromatic rings. The predicted molar refractivity (Wildman–Crippen MR) is 108 cm³/mol. The van der Waals surface area contributed by atoms with Crippen molar-refractivity contribution in [2.45, 2.75) is 13.5 Å². The van der Waals surface area contributed by atoms with Crippen molar-refractivity contribution in [1.82, 2.24) is 19.0 Å². The Labute approximate surface area is 169 Å². The number of hydrogen-bond donors (Lipinski definition) is 0. The number of benzene rings is 1. The molecule has 0 radical (unpaired) electrons. The molecule has 1 saturated heterocycles. The zero-order valence-electron chi connectivity index (χ0n) is 16.4. The second-order valence-corrected chi connectivity index (χ2v) is 8.70. The first-order valence-corrected chi connectivity index (χ1v) is 11.2. The molecule has 1 aliphatic rings. The number of sulfonamides is 1. The zero-order chi connectivity index (χ0) is 21.0. The van der Waals surface area contributed by atoms with Gasteiger partial charge in [-0.1, -0.05) is 0 Å². The van der Waals surface area contributed by atoms with Gasteiger partial charge in [0, 0.05) is 37.8 Å². The number of aromatic nitrogens is 2. The molecule has 0 atom stereocenters. The highest BCUT2D eigenvalue weighted by molar-refractivity contribution is 7.88. The Morgan fingerprint density at radius 2 is 1.72 bits per heavy atom. The van der Waals surface area contributed by atoms with Crippen molar-refractivity contribution in [3.05, 3.63) is 46.8 Å². The average Bonchev–Trinajstić information content (AvgIpc) is 2.70. The summed E-state index contributed by atoms with van der Waals surface area (Å²) in [6.07, 6.45) is 1.15. The van der Waals surface area contributed by atoms with Gasteiger partial charge in [0.2, 0.25) is 15.9 Å². The number of carbonyl (C=O) groups excluding carboxylic acids is 1. The topological polar surface area (TPSA) is 102 Å². The van der Waals surface area contributed by atoms with E-state index in [0.717, 1.165) is 22.3 Å². The van der Waals surface area contributed by atoms with E-state index in [9.17, 15) is 18.0 Å². The Morgan fingerprint density at radius 1 is 1.07 bits per heavy atom. The summed E-state index contributed by atoms with van der Waals surface area (Å²) in [5.74, 6) is 0.476. The molecule has 1 fully saturated rings. The van der Waals surface area contributed by atoms with Gasteiger partial charge in [-0.25, -0.2) is 13.1 Å². The van der Waals surface area contributed by atoms with E-state index in [4.69, 9.17) is 4.74 Å². The van der Waals surface area contributed by atoms with Crippen molar-refractivity contribution in [3.8, 4) is 17.0 Å². The van der Waals surface area contributed by atoms with Crippen LogP contribution in [0.25, 0.3) is 11.3 Å². The van der Waals surface area contributed by atoms with Gasteiger partial charge in [-0.15, -0.1) is 0 Å². The fraction of sp³-hybridized carbons (Fsp3) is 0.421. The van der Waals surface area contributed by atoms with E-state index in [0.29, 0.717) is 25.4 Å². The monoisotopic (exact) mass is 420 g/mol. The van der Waals surface area contributed by atoms with E-state index in [1.807, 2.05) is 31.2 Å². The minimum absolute atomic E-state index is 0.192. The van der Waals surface area contributed by atoms with Gasteiger partial charge in [-0.2, -0.15) is 9.40 Å². The van der Waals surface area contributed by atoms with Crippen LogP contribution in [0.1, 0.15) is 6.92 Å². The summed E-state index contributed by atoms with van der Waals surface area (Å²) in [4.78, 5) is 26.3. The summed E-state index contributed by atoms with van der Waals surface area (Å²) in [7, 11) is -3.26. The molecule has 1 aromatic heterocycles. The summed E-state index contributed by atoms with van der Waals surface area (Å²) >= 11 is 0. The summed E-state index contributed by atoms with van der Waals surface area (Å²) in [5.41, 5.74) is 1.00. The maximum atomic E-state index is 12.6. The second kappa shape index (κ2) is 8.75. The van der Waals surface area contributed by atoms with Crippen LogP contribution in [0.4, 0.5) is 0 Å². The van der Waals surface area contributed by atoms with Crippen LogP contribution in [0.2, 0.25) is 0 Å². The molecule has 0 saturated carbocycles. The Hall–Kier alpha value is -2.72. The Bertz CT molecular complexity index is 1030. The molecule has 1 aliphatic heterocycles. The maximum absolute atomic E-state index is 12.6. The molecule has 2 heterocycles. The second-order valence-electron chi connectivity index (χ2n) is 6.71. The average molecular weight is 420 g/mol. The van der Waals surface area contributed by atoms with Crippen LogP contribution in [0, 0.1) is 0 Å². The van der Waals surface area contributed by atoms with Gasteiger partial charge in [0.15, 0.2) is 0 Å². The van der Waals surface area contributed by atoms with Gasteiger partial charge in [-0.3, -0.25) is 9.59 Å². The van der Waals surface area contributed by atoms with Crippen LogP contribution in [-0.4, -0.2) is 72.4 Å². The van der Waals surface area contributed by atoms with Crippen molar-refractivity contribution in [1.29, 1.82) is 0 Å². The minimum atomic E-state index is -3.26. The number of hydrogen-bond acceptors (Lipinski definition) is 6. The zero-order valence-corrected chi connectivity index (χ0v) is 17.3. The fourth-order valence-corrected chi connectivity index (χ4v) is 3.93. The lowest BCUT2D eigenvalue weighted by Gasteiger charge is -2.33. The number of nitrogens with zero attached hydrogens (tertiary/aromatic N) is 4. The fourth-order valence-electron chi connectivity index (χ4n) is 3.10. The van der Waals surface area contributed by atoms with Crippen molar-refractivity contribution >= 4 is 15.9 Å². The van der Waals surface area contributed by atoms with Crippen molar-refractivity contribution in [2.24, 2.45) is 0 Å². The van der Waals surface area contributed by atoms with E-state index >= 15 is 0 Å². The molecule has 9 nitrogen and oxygen atoms in total. The summed E-state index contributed by atoms with van der Waals surface area (Å²) in [6, 6.07) is 10.3. The molecule has 0 unspecified atom stereocenters. The van der Waals surface area contributed by atoms with E-state index < -0.39 is 10.0 Å². The quantitative estimate of drug-likeness (QED) is 0.671. The molecular weight excluding hydrogens is 396 g/mol. The van der Waals surface area contributed by atoms with Crippen molar-refractivity contribution in [3.63, 3.8) is 0 Å². The molecule has 29 heavy (non-hydrogen) atoms. The molecular formula is C19H24N4O5S. The van der Waals surface area contributed by atoms with Crippen LogP contribution in [-0.2, 0) is 21.4 Å². The Kier molecular flexibility index (Phi) is 6.33. The molecule has 0 spiro atoms. The van der Waals surface area contributed by atoms with Gasteiger partial charge in [0.25, 0.3) is 5.56 Å². The predicted octanol–water partition coefficient (Wildman–Crippen LogP) is 0.413. The maximum Gasteiger partial charge on any atom is 0.267 e. The largest absolute Gasteiger partial charge is 0.494 e. The highest BCUT2D eigenvalue weighted by Crippen LogP contribution is 2.20. The van der Waals surface area contributed by atoms with Crippen LogP contribution < -0.4 is 10.3 Å². The smallest absolute Gasteiger partial charge is 0.267 e. The number of carbonyl (C=O) groups is 1. The normalized spacial score (nSPS) is 15.3. The lowest BCUT2D eigenvalue weighted by Crippen LogP contribution is -2.51. The number of ether oxygens (including phenoxy) is 1. The molecule has 0 aliphatic carbocycles. The first-order valence-electron chi connectivity index (χ1n) is 9.32. The van der Waals surface area contributed by atoms with Crippen molar-refractivity contribution < 1.29 is 17.9 Å². The van der Waals surface area contributed by atoms with Crippen molar-refractivity contribution in [2.75, 3.05) is 39.0 Å². The summed E-state index contributed by atoms with van der Waals surface area (Å²) in [6.45, 7) is 3.37. The van der Waals surface area contributed by atoms with Crippen LogP contribution in [0.15, 0.2) is 41.2 Å². The van der Waals surface area contributed by atoms with E-state index in [2.05, 4.69) is 5.10 Å². The minimum Gasteiger partial charge on any atom is -0.494 e. The van der Waals surface area contributed by atoms with Gasteiger partial charge < -0.3 is 9.64 Å². The van der Waals surface area contributed by atoms with Gasteiger partial charge in [0.05, 0.1) is 18.6 Å². The summed E-state index contributed by atoms with van der Waals surface area (Å²) < 4.78 is 31.1. The number of piperazine rings is 1. The molecule has 3 rings (SSSR count). The van der Waals surface area contributed by atoms with Crippen LogP contribution in [0.5, 0.6) is 5.75 Å².